The van der Waals surface area contributed by atoms with E-state index in [1.165, 1.54) is 6.42 Å². The number of hydrogen-bond donors (Lipinski definition) is 0. The maximum absolute atomic E-state index is 2.44. The average molecular weight is 267 g/mol. The molecule has 74 valence electrons. The first-order valence-corrected chi connectivity index (χ1v) is 8.93. The molecule has 12 heavy (non-hydrogen) atoms. The van der Waals surface area contributed by atoms with Crippen molar-refractivity contribution in [3.8, 4) is 0 Å². The Labute approximate surface area is 97.5 Å². The third-order valence-electron chi connectivity index (χ3n) is 1.73. The molecular weight excluding hydrogens is 250 g/mol. The van der Waals surface area contributed by atoms with Crippen molar-refractivity contribution in [2.24, 2.45) is 0 Å². The molecule has 0 aliphatic heterocycles. The molecule has 0 aromatic heterocycles. The Morgan fingerprint density at radius 1 is 1.08 bits per heavy atom. The van der Waals surface area contributed by atoms with Crippen LogP contribution in [0.4, 0.5) is 0 Å². The summed E-state index contributed by atoms with van der Waals surface area (Å²) in [4.78, 5) is 0. The number of hydrogen-bond acceptors (Lipinski definition) is 0. The Hall–Kier alpha value is 1.06. The van der Waals surface area contributed by atoms with Gasteiger partial charge in [0.1, 0.15) is 0 Å². The van der Waals surface area contributed by atoms with Gasteiger partial charge in [0.2, 0.25) is 0 Å². The van der Waals surface area contributed by atoms with Gasteiger partial charge in [0.25, 0.3) is 0 Å². The quantitative estimate of drug-likeness (QED) is 0.618. The fourth-order valence-electron chi connectivity index (χ4n) is 1.00. The molecular formula is C8H17Cl3Ti. The molecule has 0 fully saturated rings. The van der Waals surface area contributed by atoms with E-state index in [-0.39, 0.29) is 37.2 Å². The Morgan fingerprint density at radius 2 is 1.58 bits per heavy atom. The zero-order chi connectivity index (χ0) is 6.91. The van der Waals surface area contributed by atoms with Gasteiger partial charge in [-0.3, -0.25) is 0 Å². The molecule has 0 aromatic carbocycles. The molecule has 0 unspecified atom stereocenters. The van der Waals surface area contributed by atoms with Crippen LogP contribution in [0.5, 0.6) is 0 Å². The average Bonchev–Trinajstić information content (AvgIpc) is 2.08. The molecule has 1 aliphatic carbocycles. The minimum absolute atomic E-state index is 0. The summed E-state index contributed by atoms with van der Waals surface area (Å²) in [6, 6.07) is 0. The van der Waals surface area contributed by atoms with Crippen LogP contribution in [0.25, 0.3) is 0 Å². The van der Waals surface area contributed by atoms with E-state index in [1.54, 1.807) is 3.88 Å². The first kappa shape index (κ1) is 18.8. The summed E-state index contributed by atoms with van der Waals surface area (Å²) < 4.78 is 1.73. The van der Waals surface area contributed by atoms with Crippen molar-refractivity contribution >= 4 is 37.2 Å². The van der Waals surface area contributed by atoms with Gasteiger partial charge in [-0.05, 0) is 0 Å². The Morgan fingerprint density at radius 3 is 1.75 bits per heavy atom. The van der Waals surface area contributed by atoms with Gasteiger partial charge in [-0.25, -0.2) is 0 Å². The van der Waals surface area contributed by atoms with Crippen LogP contribution in [0.15, 0.2) is 22.1 Å². The molecule has 0 radical (unpaired) electrons. The zero-order valence-electron chi connectivity index (χ0n) is 7.66. The van der Waals surface area contributed by atoms with Crippen molar-refractivity contribution in [2.75, 3.05) is 0 Å². The first-order valence-electron chi connectivity index (χ1n) is 3.47. The normalized spacial score (nSPS) is 13.8. The molecule has 0 saturated carbocycles. The van der Waals surface area contributed by atoms with Gasteiger partial charge >= 0.3 is 60.8 Å². The van der Waals surface area contributed by atoms with E-state index in [4.69, 9.17) is 0 Å². The van der Waals surface area contributed by atoms with Crippen molar-refractivity contribution in [3.05, 3.63) is 22.1 Å². The van der Waals surface area contributed by atoms with E-state index in [1.807, 2.05) is 0 Å². The molecule has 0 heterocycles. The molecule has 0 aromatic rings. The summed E-state index contributed by atoms with van der Waals surface area (Å²) in [6.07, 6.45) is 7.99. The summed E-state index contributed by atoms with van der Waals surface area (Å²) in [5.74, 6) is 0. The molecule has 4 heteroatoms. The van der Waals surface area contributed by atoms with Gasteiger partial charge in [-0.1, -0.05) is 0 Å². The van der Waals surface area contributed by atoms with Crippen molar-refractivity contribution in [1.82, 2.24) is 0 Å². The Bertz CT molecular complexity index is 168. The summed E-state index contributed by atoms with van der Waals surface area (Å²) in [7, 11) is 0. The van der Waals surface area contributed by atoms with Gasteiger partial charge < -0.3 is 0 Å². The Balaban J connectivity index is -0.000000270. The van der Waals surface area contributed by atoms with Crippen LogP contribution in [0.2, 0.25) is 15.7 Å². The van der Waals surface area contributed by atoms with Crippen LogP contribution in [-0.4, -0.2) is 0 Å². The SMILES string of the molecule is Cl.Cl.Cl.[CH3][Ti]([CH3])([CH3])[C]1=CC=CC1. The van der Waals surface area contributed by atoms with Gasteiger partial charge in [-0.2, -0.15) is 0 Å². The van der Waals surface area contributed by atoms with Crippen LogP contribution in [-0.2, 0) is 16.6 Å². The second-order valence-electron chi connectivity index (χ2n) is 3.57. The maximum atomic E-state index is 2.44. The molecule has 0 saturated heterocycles. The summed E-state index contributed by atoms with van der Waals surface area (Å²) in [6.45, 7) is 0. The third kappa shape index (κ3) is 5.67. The van der Waals surface area contributed by atoms with E-state index in [2.05, 4.69) is 33.9 Å². The van der Waals surface area contributed by atoms with Crippen molar-refractivity contribution in [1.29, 1.82) is 0 Å². The molecule has 0 atom stereocenters. The molecule has 1 rings (SSSR count). The summed E-state index contributed by atoms with van der Waals surface area (Å²) in [5.41, 5.74) is 0. The second kappa shape index (κ2) is 7.47. The third-order valence-corrected chi connectivity index (χ3v) is 5.32. The Kier molecular flexibility index (Phi) is 11.7. The van der Waals surface area contributed by atoms with Gasteiger partial charge in [0.05, 0.1) is 0 Å². The van der Waals surface area contributed by atoms with Crippen LogP contribution >= 0.6 is 37.2 Å². The van der Waals surface area contributed by atoms with Crippen LogP contribution in [0.1, 0.15) is 6.42 Å². The predicted octanol–water partition coefficient (Wildman–Crippen LogP) is 4.39. The second-order valence-corrected chi connectivity index (χ2v) is 11.6. The topological polar surface area (TPSA) is 0 Å². The van der Waals surface area contributed by atoms with E-state index in [9.17, 15) is 0 Å². The molecule has 0 spiro atoms. The number of halogens is 3. The van der Waals surface area contributed by atoms with Crippen LogP contribution in [0.3, 0.4) is 0 Å². The molecule has 0 amide bonds. The van der Waals surface area contributed by atoms with E-state index >= 15 is 0 Å². The fourth-order valence-corrected chi connectivity index (χ4v) is 3.07. The molecule has 0 bridgehead atoms. The van der Waals surface area contributed by atoms with Gasteiger partial charge in [0.15, 0.2) is 0 Å². The van der Waals surface area contributed by atoms with Crippen molar-refractivity contribution < 1.29 is 16.6 Å². The van der Waals surface area contributed by atoms with Crippen LogP contribution < -0.4 is 0 Å². The zero-order valence-corrected chi connectivity index (χ0v) is 11.7. The molecule has 0 N–H and O–H groups in total. The number of allylic oxidation sites excluding steroid dienone is 4. The van der Waals surface area contributed by atoms with Gasteiger partial charge in [0, 0.05) is 0 Å². The monoisotopic (exact) mass is 266 g/mol. The first-order chi connectivity index (χ1) is 4.11. The number of rotatable bonds is 1. The summed E-state index contributed by atoms with van der Waals surface area (Å²) >= 11 is -1.38. The van der Waals surface area contributed by atoms with Crippen LogP contribution in [0, 0.1) is 0 Å². The molecule has 0 nitrogen and oxygen atoms in total. The van der Waals surface area contributed by atoms with Crippen molar-refractivity contribution in [2.45, 2.75) is 22.1 Å². The van der Waals surface area contributed by atoms with E-state index < -0.39 is 16.6 Å². The summed E-state index contributed by atoms with van der Waals surface area (Å²) in [5, 5.41) is 7.33. The van der Waals surface area contributed by atoms with E-state index in [0.717, 1.165) is 0 Å². The molecule has 1 aliphatic rings. The van der Waals surface area contributed by atoms with Crippen molar-refractivity contribution in [3.63, 3.8) is 0 Å². The van der Waals surface area contributed by atoms with E-state index in [0.29, 0.717) is 0 Å². The standard InChI is InChI=1S/C5H5.3CH3.3ClH.Ti/c1-2-4-5-3-1;;;;;;;/h1-3H,4H2;3*1H3;3*1H;. The fraction of sp³-hybridized carbons (Fsp3) is 0.500. The predicted molar refractivity (Wildman–Crippen MR) is 61.2 cm³/mol. The van der Waals surface area contributed by atoms with Gasteiger partial charge in [-0.15, -0.1) is 37.2 Å². The minimum atomic E-state index is -1.38.